The van der Waals surface area contributed by atoms with Gasteiger partial charge in [-0.2, -0.15) is 0 Å². The zero-order valence-electron chi connectivity index (χ0n) is 14.9. The van der Waals surface area contributed by atoms with Crippen molar-refractivity contribution in [2.45, 2.75) is 49.9 Å². The van der Waals surface area contributed by atoms with Crippen LogP contribution in [0.15, 0.2) is 24.5 Å². The third-order valence-electron chi connectivity index (χ3n) is 5.69. The number of likely N-dealkylation sites (tertiary alicyclic amines) is 1. The Balaban J connectivity index is 1.36. The van der Waals surface area contributed by atoms with E-state index in [2.05, 4.69) is 45.3 Å². The molecule has 1 saturated carbocycles. The van der Waals surface area contributed by atoms with Gasteiger partial charge in [-0.05, 0) is 44.7 Å². The molecule has 2 aliphatic rings. The van der Waals surface area contributed by atoms with Crippen LogP contribution in [-0.4, -0.2) is 55.8 Å². The van der Waals surface area contributed by atoms with Gasteiger partial charge in [-0.3, -0.25) is 9.11 Å². The molecule has 1 unspecified atom stereocenters. The smallest absolute Gasteiger partial charge is 0.137 e. The summed E-state index contributed by atoms with van der Waals surface area (Å²) in [5.41, 5.74) is 2.23. The fourth-order valence-corrected chi connectivity index (χ4v) is 4.84. The van der Waals surface area contributed by atoms with Crippen LogP contribution in [0.4, 0.5) is 5.82 Å². The molecule has 25 heavy (non-hydrogen) atoms. The van der Waals surface area contributed by atoms with Crippen molar-refractivity contribution in [3.8, 4) is 0 Å². The second-order valence-corrected chi connectivity index (χ2v) is 9.13. The first kappa shape index (κ1) is 16.9. The van der Waals surface area contributed by atoms with E-state index in [0.29, 0.717) is 17.3 Å². The second-order valence-electron chi connectivity index (χ2n) is 7.47. The van der Waals surface area contributed by atoms with Gasteiger partial charge in [0.05, 0.1) is 10.8 Å². The van der Waals surface area contributed by atoms with Crippen LogP contribution in [0.25, 0.3) is 10.9 Å². The average molecular weight is 359 g/mol. The molecular weight excluding hydrogens is 332 g/mol. The summed E-state index contributed by atoms with van der Waals surface area (Å²) in [5.74, 6) is 0.961. The summed E-state index contributed by atoms with van der Waals surface area (Å²) >= 11 is 0. The molecule has 1 aromatic heterocycles. The Labute approximate surface area is 151 Å². The van der Waals surface area contributed by atoms with E-state index in [9.17, 15) is 4.21 Å². The molecule has 2 aromatic rings. The van der Waals surface area contributed by atoms with Crippen LogP contribution in [0.5, 0.6) is 0 Å². The van der Waals surface area contributed by atoms with Crippen molar-refractivity contribution >= 4 is 27.5 Å². The fraction of sp³-hybridized carbons (Fsp3) is 0.579. The Kier molecular flexibility index (Phi) is 4.73. The summed E-state index contributed by atoms with van der Waals surface area (Å²) in [6.07, 6.45) is 8.23. The highest BCUT2D eigenvalue weighted by molar-refractivity contribution is 7.85. The molecule has 1 saturated heterocycles. The maximum Gasteiger partial charge on any atom is 0.137 e. The summed E-state index contributed by atoms with van der Waals surface area (Å²) in [4.78, 5) is 11.4. The van der Waals surface area contributed by atoms with Gasteiger partial charge in [0.2, 0.25) is 0 Å². The van der Waals surface area contributed by atoms with E-state index < -0.39 is 10.8 Å². The number of nitrogens with zero attached hydrogens (tertiary/aromatic N) is 3. The normalized spacial score (nSPS) is 26.3. The van der Waals surface area contributed by atoms with E-state index in [4.69, 9.17) is 0 Å². The van der Waals surface area contributed by atoms with E-state index in [0.717, 1.165) is 29.8 Å². The van der Waals surface area contributed by atoms with Crippen LogP contribution in [0.2, 0.25) is 0 Å². The fourth-order valence-electron chi connectivity index (χ4n) is 4.04. The van der Waals surface area contributed by atoms with Gasteiger partial charge in [0, 0.05) is 47.6 Å². The quantitative estimate of drug-likeness (QED) is 0.911. The standard InChI is InChI=1S/C19H26N4OS/c1-13-3-8-18-17(9-13)19(21-12-20-18)22-14-4-6-15(7-5-14)23-10-16(11-23)25(2)24/h3,8-9,12,14-16H,4-7,10-11H2,1-2H3,(H,20,21,22). The third-order valence-corrected chi connectivity index (χ3v) is 6.93. The van der Waals surface area contributed by atoms with Crippen LogP contribution >= 0.6 is 0 Å². The van der Waals surface area contributed by atoms with E-state index in [1.807, 2.05) is 6.26 Å². The van der Waals surface area contributed by atoms with Crippen molar-refractivity contribution < 1.29 is 4.21 Å². The van der Waals surface area contributed by atoms with Crippen molar-refractivity contribution in [1.82, 2.24) is 14.9 Å². The number of fused-ring (bicyclic) bond motifs is 1. The Morgan fingerprint density at radius 2 is 1.92 bits per heavy atom. The summed E-state index contributed by atoms with van der Waals surface area (Å²) in [6, 6.07) is 7.46. The van der Waals surface area contributed by atoms with E-state index >= 15 is 0 Å². The second kappa shape index (κ2) is 7.00. The topological polar surface area (TPSA) is 58.1 Å². The van der Waals surface area contributed by atoms with E-state index in [-0.39, 0.29) is 0 Å². The maximum atomic E-state index is 11.5. The molecule has 1 atom stereocenters. The van der Waals surface area contributed by atoms with Gasteiger partial charge in [0.1, 0.15) is 12.1 Å². The van der Waals surface area contributed by atoms with Gasteiger partial charge in [-0.1, -0.05) is 11.6 Å². The molecular formula is C19H26N4OS. The molecule has 1 aliphatic heterocycles. The van der Waals surface area contributed by atoms with Crippen LogP contribution in [0.1, 0.15) is 31.2 Å². The summed E-state index contributed by atoms with van der Waals surface area (Å²) in [5, 5.41) is 5.16. The number of nitrogens with one attached hydrogen (secondary N) is 1. The average Bonchev–Trinajstić information content (AvgIpc) is 2.55. The number of anilines is 1. The lowest BCUT2D eigenvalue weighted by Gasteiger charge is -2.46. The number of hydrogen-bond donors (Lipinski definition) is 1. The Bertz CT molecular complexity index is 782. The predicted molar refractivity (Wildman–Crippen MR) is 103 cm³/mol. The Hall–Kier alpha value is -1.53. The lowest BCUT2D eigenvalue weighted by molar-refractivity contribution is 0.0937. The third kappa shape index (κ3) is 3.55. The Morgan fingerprint density at radius 3 is 2.64 bits per heavy atom. The molecule has 4 rings (SSSR count). The summed E-state index contributed by atoms with van der Waals surface area (Å²) in [6.45, 7) is 4.13. The molecule has 6 heteroatoms. The first-order valence-electron chi connectivity index (χ1n) is 9.14. The molecule has 0 amide bonds. The molecule has 1 aromatic carbocycles. The maximum absolute atomic E-state index is 11.5. The van der Waals surface area contributed by atoms with Crippen molar-refractivity contribution in [3.05, 3.63) is 30.1 Å². The largest absolute Gasteiger partial charge is 0.367 e. The first-order valence-corrected chi connectivity index (χ1v) is 10.8. The first-order chi connectivity index (χ1) is 12.1. The highest BCUT2D eigenvalue weighted by Gasteiger charge is 2.36. The number of aromatic nitrogens is 2. The van der Waals surface area contributed by atoms with Gasteiger partial charge >= 0.3 is 0 Å². The van der Waals surface area contributed by atoms with Gasteiger partial charge < -0.3 is 5.32 Å². The van der Waals surface area contributed by atoms with Gasteiger partial charge in [-0.15, -0.1) is 0 Å². The minimum absolute atomic E-state index is 0.395. The minimum atomic E-state index is -0.666. The summed E-state index contributed by atoms with van der Waals surface area (Å²) < 4.78 is 11.5. The van der Waals surface area contributed by atoms with Gasteiger partial charge in [0.25, 0.3) is 0 Å². The predicted octanol–water partition coefficient (Wildman–Crippen LogP) is 2.72. The lowest BCUT2D eigenvalue weighted by atomic mass is 9.88. The monoisotopic (exact) mass is 358 g/mol. The molecule has 1 N–H and O–H groups in total. The van der Waals surface area contributed by atoms with Crippen LogP contribution in [0, 0.1) is 6.92 Å². The minimum Gasteiger partial charge on any atom is -0.367 e. The van der Waals surface area contributed by atoms with Crippen molar-refractivity contribution in [3.63, 3.8) is 0 Å². The number of benzene rings is 1. The molecule has 1 aliphatic carbocycles. The zero-order chi connectivity index (χ0) is 17.4. The van der Waals surface area contributed by atoms with E-state index in [1.54, 1.807) is 6.33 Å². The zero-order valence-corrected chi connectivity index (χ0v) is 15.8. The highest BCUT2D eigenvalue weighted by atomic mass is 32.2. The molecule has 0 bridgehead atoms. The molecule has 0 spiro atoms. The van der Waals surface area contributed by atoms with Crippen molar-refractivity contribution in [2.24, 2.45) is 0 Å². The SMILES string of the molecule is Cc1ccc2ncnc(NC3CCC(N4CC(S(C)=O)C4)CC3)c2c1. The molecule has 2 heterocycles. The van der Waals surface area contributed by atoms with Gasteiger partial charge in [0.15, 0.2) is 0 Å². The number of hydrogen-bond acceptors (Lipinski definition) is 5. The number of aryl methyl sites for hydroxylation is 1. The lowest BCUT2D eigenvalue weighted by Crippen LogP contribution is -2.57. The van der Waals surface area contributed by atoms with Crippen LogP contribution in [-0.2, 0) is 10.8 Å². The van der Waals surface area contributed by atoms with E-state index in [1.165, 1.54) is 31.2 Å². The Morgan fingerprint density at radius 1 is 1.16 bits per heavy atom. The highest BCUT2D eigenvalue weighted by Crippen LogP contribution is 2.30. The number of rotatable bonds is 4. The molecule has 134 valence electrons. The van der Waals surface area contributed by atoms with Crippen LogP contribution < -0.4 is 5.32 Å². The van der Waals surface area contributed by atoms with Crippen molar-refractivity contribution in [1.29, 1.82) is 0 Å². The summed E-state index contributed by atoms with van der Waals surface area (Å²) in [7, 11) is -0.666. The molecule has 5 nitrogen and oxygen atoms in total. The van der Waals surface area contributed by atoms with Crippen molar-refractivity contribution in [2.75, 3.05) is 24.7 Å². The van der Waals surface area contributed by atoms with Crippen LogP contribution in [0.3, 0.4) is 0 Å². The van der Waals surface area contributed by atoms with Gasteiger partial charge in [-0.25, -0.2) is 9.97 Å². The molecule has 2 fully saturated rings. The molecule has 0 radical (unpaired) electrons.